The Hall–Kier alpha value is -1.56. The number of carbonyl (C=O) groups excluding carboxylic acids is 1. The van der Waals surface area contributed by atoms with Crippen molar-refractivity contribution in [1.82, 2.24) is 0 Å². The van der Waals surface area contributed by atoms with Crippen molar-refractivity contribution in [3.8, 4) is 0 Å². The summed E-state index contributed by atoms with van der Waals surface area (Å²) in [4.78, 5) is 21.7. The number of carboxylic acids is 1. The van der Waals surface area contributed by atoms with E-state index in [2.05, 4.69) is 15.9 Å². The van der Waals surface area contributed by atoms with E-state index in [0.717, 1.165) is 0 Å². The lowest BCUT2D eigenvalue weighted by molar-refractivity contribution is -0.137. The number of rotatable bonds is 4. The minimum absolute atomic E-state index is 0.157. The van der Waals surface area contributed by atoms with Crippen molar-refractivity contribution >= 4 is 33.6 Å². The summed E-state index contributed by atoms with van der Waals surface area (Å²) in [5.74, 6) is -1.61. The Labute approximate surface area is 100 Å². The number of aliphatic carboxylic acids is 1. The zero-order valence-electron chi connectivity index (χ0n) is 8.27. The van der Waals surface area contributed by atoms with Crippen molar-refractivity contribution in [3.63, 3.8) is 0 Å². The minimum Gasteiger partial charge on any atom is -0.481 e. The molecule has 0 amide bonds. The molecule has 0 saturated heterocycles. The number of anilines is 1. The average molecular weight is 288 g/mol. The van der Waals surface area contributed by atoms with Crippen LogP contribution in [0.25, 0.3) is 0 Å². The second kappa shape index (κ2) is 5.50. The molecule has 6 heteroatoms. The van der Waals surface area contributed by atoms with Gasteiger partial charge in [0.05, 0.1) is 16.5 Å². The summed E-state index contributed by atoms with van der Waals surface area (Å²) in [6.45, 7) is -0.157. The van der Waals surface area contributed by atoms with Crippen molar-refractivity contribution in [3.05, 3.63) is 28.2 Å². The molecule has 0 aromatic heterocycles. The average Bonchev–Trinajstić information content (AvgIpc) is 2.21. The first-order valence-electron chi connectivity index (χ1n) is 4.45. The van der Waals surface area contributed by atoms with E-state index < -0.39 is 11.9 Å². The Bertz CT molecular complexity index is 419. The van der Waals surface area contributed by atoms with Crippen LogP contribution in [0.5, 0.6) is 0 Å². The monoisotopic (exact) mass is 287 g/mol. The third kappa shape index (κ3) is 3.23. The summed E-state index contributed by atoms with van der Waals surface area (Å²) in [6, 6.07) is 4.80. The smallest absolute Gasteiger partial charge is 0.339 e. The fourth-order valence-electron chi connectivity index (χ4n) is 1.02. The van der Waals surface area contributed by atoms with Gasteiger partial charge in [0.1, 0.15) is 6.61 Å². The van der Waals surface area contributed by atoms with Gasteiger partial charge in [-0.15, -0.1) is 0 Å². The second-order valence-corrected chi connectivity index (χ2v) is 3.78. The van der Waals surface area contributed by atoms with E-state index in [-0.39, 0.29) is 18.6 Å². The Morgan fingerprint density at radius 1 is 1.44 bits per heavy atom. The minimum atomic E-state index is -1.01. The third-order valence-corrected chi connectivity index (χ3v) is 2.68. The van der Waals surface area contributed by atoms with Crippen LogP contribution in [-0.2, 0) is 9.53 Å². The number of hydrogen-bond donors (Lipinski definition) is 2. The van der Waals surface area contributed by atoms with Crippen LogP contribution in [-0.4, -0.2) is 23.7 Å². The van der Waals surface area contributed by atoms with E-state index in [4.69, 9.17) is 15.6 Å². The van der Waals surface area contributed by atoms with Crippen LogP contribution in [0.4, 0.5) is 5.69 Å². The highest BCUT2D eigenvalue weighted by Gasteiger charge is 2.13. The molecule has 0 radical (unpaired) electrons. The first-order valence-corrected chi connectivity index (χ1v) is 5.24. The van der Waals surface area contributed by atoms with Crippen molar-refractivity contribution in [2.75, 3.05) is 12.3 Å². The number of ether oxygens (including phenoxy) is 1. The maximum absolute atomic E-state index is 11.5. The van der Waals surface area contributed by atoms with Gasteiger partial charge in [-0.25, -0.2) is 4.79 Å². The topological polar surface area (TPSA) is 89.6 Å². The summed E-state index contributed by atoms with van der Waals surface area (Å²) in [5.41, 5.74) is 6.29. The number of carbonyl (C=O) groups is 2. The molecule has 0 atom stereocenters. The van der Waals surface area contributed by atoms with Gasteiger partial charge in [-0.2, -0.15) is 0 Å². The molecular weight excluding hydrogens is 278 g/mol. The number of benzene rings is 1. The summed E-state index contributed by atoms with van der Waals surface area (Å²) in [6.07, 6.45) is -0.217. The molecule has 1 aromatic carbocycles. The molecule has 0 bridgehead atoms. The van der Waals surface area contributed by atoms with Crippen molar-refractivity contribution in [2.45, 2.75) is 6.42 Å². The second-order valence-electron chi connectivity index (χ2n) is 2.99. The molecule has 1 rings (SSSR count). The van der Waals surface area contributed by atoms with Gasteiger partial charge in [-0.05, 0) is 28.1 Å². The number of hydrogen-bond acceptors (Lipinski definition) is 4. The van der Waals surface area contributed by atoms with E-state index in [1.165, 1.54) is 0 Å². The van der Waals surface area contributed by atoms with Crippen LogP contribution in [0, 0.1) is 0 Å². The van der Waals surface area contributed by atoms with Crippen LogP contribution in [0.15, 0.2) is 22.7 Å². The summed E-state index contributed by atoms with van der Waals surface area (Å²) < 4.78 is 5.22. The highest BCUT2D eigenvalue weighted by Crippen LogP contribution is 2.24. The largest absolute Gasteiger partial charge is 0.481 e. The van der Waals surface area contributed by atoms with Crippen molar-refractivity contribution in [1.29, 1.82) is 0 Å². The lowest BCUT2D eigenvalue weighted by Gasteiger charge is -2.06. The van der Waals surface area contributed by atoms with E-state index in [1.54, 1.807) is 18.2 Å². The first-order chi connectivity index (χ1) is 7.52. The zero-order chi connectivity index (χ0) is 12.1. The Morgan fingerprint density at radius 3 is 2.75 bits per heavy atom. The molecule has 1 aromatic rings. The van der Waals surface area contributed by atoms with Gasteiger partial charge < -0.3 is 15.6 Å². The Kier molecular flexibility index (Phi) is 4.30. The standard InChI is InChI=1S/C10H10BrNO4/c11-9-6(2-1-3-7(9)12)10(15)16-5-4-8(13)14/h1-3H,4-5,12H2,(H,13,14). The van der Waals surface area contributed by atoms with Gasteiger partial charge in [0.15, 0.2) is 0 Å². The summed E-state index contributed by atoms with van der Waals surface area (Å²) in [5, 5.41) is 8.38. The van der Waals surface area contributed by atoms with Gasteiger partial charge in [0.2, 0.25) is 0 Å². The SMILES string of the molecule is Nc1cccc(C(=O)OCCC(=O)O)c1Br. The summed E-state index contributed by atoms with van der Waals surface area (Å²) in [7, 11) is 0. The van der Waals surface area contributed by atoms with Crippen LogP contribution in [0.2, 0.25) is 0 Å². The predicted molar refractivity (Wildman–Crippen MR) is 61.1 cm³/mol. The molecule has 0 spiro atoms. The van der Waals surface area contributed by atoms with E-state index in [9.17, 15) is 9.59 Å². The third-order valence-electron chi connectivity index (χ3n) is 1.80. The molecule has 16 heavy (non-hydrogen) atoms. The van der Waals surface area contributed by atoms with E-state index >= 15 is 0 Å². The first kappa shape index (κ1) is 12.5. The normalized spacial score (nSPS) is 9.81. The lowest BCUT2D eigenvalue weighted by Crippen LogP contribution is -2.10. The number of nitrogens with two attached hydrogens (primary N) is 1. The Balaban J connectivity index is 2.66. The summed E-state index contributed by atoms with van der Waals surface area (Å²) >= 11 is 3.16. The van der Waals surface area contributed by atoms with E-state index in [1.807, 2.05) is 0 Å². The van der Waals surface area contributed by atoms with Crippen LogP contribution in [0.3, 0.4) is 0 Å². The fourth-order valence-corrected chi connectivity index (χ4v) is 1.44. The highest BCUT2D eigenvalue weighted by atomic mass is 79.9. The van der Waals surface area contributed by atoms with Crippen molar-refractivity contribution in [2.24, 2.45) is 0 Å². The van der Waals surface area contributed by atoms with E-state index in [0.29, 0.717) is 10.2 Å². The molecule has 0 heterocycles. The van der Waals surface area contributed by atoms with Gasteiger partial charge in [-0.3, -0.25) is 4.79 Å². The molecule has 5 nitrogen and oxygen atoms in total. The van der Waals surface area contributed by atoms with Crippen LogP contribution < -0.4 is 5.73 Å². The molecule has 0 aliphatic carbocycles. The molecule has 0 saturated carbocycles. The van der Waals surface area contributed by atoms with Crippen molar-refractivity contribution < 1.29 is 19.4 Å². The molecule has 0 aliphatic rings. The molecule has 3 N–H and O–H groups in total. The number of carboxylic acid groups (broad SMARTS) is 1. The van der Waals surface area contributed by atoms with Crippen LogP contribution >= 0.6 is 15.9 Å². The van der Waals surface area contributed by atoms with Gasteiger partial charge in [0.25, 0.3) is 0 Å². The van der Waals surface area contributed by atoms with Crippen LogP contribution in [0.1, 0.15) is 16.8 Å². The molecule has 0 aliphatic heterocycles. The zero-order valence-corrected chi connectivity index (χ0v) is 9.86. The molecular formula is C10H10BrNO4. The maximum atomic E-state index is 11.5. The van der Waals surface area contributed by atoms with Gasteiger partial charge >= 0.3 is 11.9 Å². The molecule has 0 fully saturated rings. The fraction of sp³-hybridized carbons (Fsp3) is 0.200. The predicted octanol–water partition coefficient (Wildman–Crippen LogP) is 1.66. The number of halogens is 1. The molecule has 86 valence electrons. The Morgan fingerprint density at radius 2 is 2.12 bits per heavy atom. The quantitative estimate of drug-likeness (QED) is 0.649. The van der Waals surface area contributed by atoms with Gasteiger partial charge in [-0.1, -0.05) is 6.07 Å². The lowest BCUT2D eigenvalue weighted by atomic mass is 10.2. The maximum Gasteiger partial charge on any atom is 0.339 e. The number of nitrogen functional groups attached to an aromatic ring is 1. The highest BCUT2D eigenvalue weighted by molar-refractivity contribution is 9.10. The molecule has 0 unspecified atom stereocenters. The number of esters is 1. The van der Waals surface area contributed by atoms with Gasteiger partial charge in [0, 0.05) is 5.69 Å².